The Balaban J connectivity index is 1.82. The quantitative estimate of drug-likeness (QED) is 0.781. The molecule has 0 aromatic carbocycles. The second kappa shape index (κ2) is 6.08. The fourth-order valence-electron chi connectivity index (χ4n) is 1.90. The third-order valence-corrected chi connectivity index (χ3v) is 3.11. The van der Waals surface area contributed by atoms with Crippen LogP contribution in [-0.4, -0.2) is 46.5 Å². The van der Waals surface area contributed by atoms with Crippen LogP contribution in [0.4, 0.5) is 5.82 Å². The number of rotatable bonds is 3. The van der Waals surface area contributed by atoms with Crippen LogP contribution >= 0.6 is 11.6 Å². The predicted molar refractivity (Wildman–Crippen MR) is 69.3 cm³/mol. The molecule has 7 heteroatoms. The van der Waals surface area contributed by atoms with E-state index in [0.717, 1.165) is 25.9 Å². The van der Waals surface area contributed by atoms with Crippen LogP contribution in [0.3, 0.4) is 0 Å². The molecule has 1 aromatic rings. The van der Waals surface area contributed by atoms with Crippen molar-refractivity contribution in [2.75, 3.05) is 25.0 Å². The van der Waals surface area contributed by atoms with Crippen molar-refractivity contribution in [2.45, 2.75) is 18.9 Å². The largest absolute Gasteiger partial charge is 0.328 e. The van der Waals surface area contributed by atoms with E-state index < -0.39 is 0 Å². The van der Waals surface area contributed by atoms with Gasteiger partial charge in [0.1, 0.15) is 17.3 Å². The van der Waals surface area contributed by atoms with Gasteiger partial charge in [0.25, 0.3) is 0 Å². The summed E-state index contributed by atoms with van der Waals surface area (Å²) in [5, 5.41) is 3.00. The van der Waals surface area contributed by atoms with Gasteiger partial charge in [0.2, 0.25) is 5.91 Å². The molecule has 0 spiro atoms. The van der Waals surface area contributed by atoms with Crippen LogP contribution < -0.4 is 11.1 Å². The van der Waals surface area contributed by atoms with Crippen LogP contribution in [0.2, 0.25) is 5.15 Å². The molecule has 0 aliphatic carbocycles. The summed E-state index contributed by atoms with van der Waals surface area (Å²) < 4.78 is 0. The van der Waals surface area contributed by atoms with E-state index in [1.807, 2.05) is 0 Å². The summed E-state index contributed by atoms with van der Waals surface area (Å²) in [5.74, 6) is 0.328. The highest BCUT2D eigenvalue weighted by atomic mass is 35.5. The molecule has 2 rings (SSSR count). The number of amides is 1. The summed E-state index contributed by atoms with van der Waals surface area (Å²) in [7, 11) is 0. The lowest BCUT2D eigenvalue weighted by Gasteiger charge is -2.29. The molecule has 3 N–H and O–H groups in total. The Kier molecular flexibility index (Phi) is 4.46. The fourth-order valence-corrected chi connectivity index (χ4v) is 2.05. The molecule has 1 aliphatic rings. The van der Waals surface area contributed by atoms with E-state index in [9.17, 15) is 4.79 Å². The summed E-state index contributed by atoms with van der Waals surface area (Å²) in [6.45, 7) is 2.08. The second-order valence-corrected chi connectivity index (χ2v) is 4.77. The first-order valence-electron chi connectivity index (χ1n) is 5.89. The van der Waals surface area contributed by atoms with Gasteiger partial charge < -0.3 is 11.1 Å². The molecule has 0 bridgehead atoms. The molecule has 98 valence electrons. The minimum atomic E-state index is -0.0970. The molecule has 2 heterocycles. The number of piperidine rings is 1. The van der Waals surface area contributed by atoms with Gasteiger partial charge in [0.15, 0.2) is 0 Å². The maximum atomic E-state index is 11.8. The summed E-state index contributed by atoms with van der Waals surface area (Å²) in [6.07, 6.45) is 3.19. The predicted octanol–water partition coefficient (Wildman–Crippen LogP) is 0.492. The fraction of sp³-hybridized carbons (Fsp3) is 0.545. The summed E-state index contributed by atoms with van der Waals surface area (Å²) in [4.78, 5) is 21.5. The minimum Gasteiger partial charge on any atom is -0.328 e. The Morgan fingerprint density at radius 2 is 2.22 bits per heavy atom. The number of aromatic nitrogens is 2. The van der Waals surface area contributed by atoms with Crippen molar-refractivity contribution in [1.82, 2.24) is 14.9 Å². The molecule has 0 atom stereocenters. The molecule has 1 fully saturated rings. The lowest BCUT2D eigenvalue weighted by molar-refractivity contribution is -0.117. The van der Waals surface area contributed by atoms with Gasteiger partial charge in [-0.15, -0.1) is 0 Å². The highest BCUT2D eigenvalue weighted by molar-refractivity contribution is 6.29. The van der Waals surface area contributed by atoms with Crippen LogP contribution in [0.25, 0.3) is 0 Å². The van der Waals surface area contributed by atoms with Crippen molar-refractivity contribution in [3.05, 3.63) is 17.5 Å². The smallest absolute Gasteiger partial charge is 0.239 e. The van der Waals surface area contributed by atoms with E-state index >= 15 is 0 Å². The molecule has 0 saturated carbocycles. The van der Waals surface area contributed by atoms with Gasteiger partial charge >= 0.3 is 0 Å². The molecule has 1 saturated heterocycles. The van der Waals surface area contributed by atoms with Gasteiger partial charge in [0, 0.05) is 25.2 Å². The molecule has 0 unspecified atom stereocenters. The Bertz CT molecular complexity index is 420. The number of likely N-dealkylation sites (tertiary alicyclic amines) is 1. The van der Waals surface area contributed by atoms with Crippen molar-refractivity contribution in [2.24, 2.45) is 5.73 Å². The van der Waals surface area contributed by atoms with Gasteiger partial charge in [-0.05, 0) is 12.8 Å². The third kappa shape index (κ3) is 3.90. The average Bonchev–Trinajstić information content (AvgIpc) is 2.32. The highest BCUT2D eigenvalue weighted by Gasteiger charge is 2.18. The van der Waals surface area contributed by atoms with E-state index in [2.05, 4.69) is 20.2 Å². The van der Waals surface area contributed by atoms with Gasteiger partial charge in [-0.1, -0.05) is 11.6 Å². The highest BCUT2D eigenvalue weighted by Crippen LogP contribution is 2.10. The number of hydrogen-bond donors (Lipinski definition) is 2. The first-order valence-corrected chi connectivity index (χ1v) is 6.26. The molecule has 0 radical (unpaired) electrons. The first-order chi connectivity index (χ1) is 8.63. The monoisotopic (exact) mass is 269 g/mol. The molecule has 1 aromatic heterocycles. The van der Waals surface area contributed by atoms with Crippen LogP contribution in [0.1, 0.15) is 12.8 Å². The Morgan fingerprint density at radius 1 is 1.50 bits per heavy atom. The Labute approximate surface area is 111 Å². The molecule has 6 nitrogen and oxygen atoms in total. The topological polar surface area (TPSA) is 84.1 Å². The van der Waals surface area contributed by atoms with E-state index in [4.69, 9.17) is 17.3 Å². The van der Waals surface area contributed by atoms with Crippen LogP contribution in [0, 0.1) is 0 Å². The number of carbonyl (C=O) groups is 1. The summed E-state index contributed by atoms with van der Waals surface area (Å²) in [6, 6.07) is 1.79. The molecular formula is C11H16ClN5O. The first kappa shape index (κ1) is 13.2. The van der Waals surface area contributed by atoms with E-state index in [0.29, 0.717) is 17.5 Å². The van der Waals surface area contributed by atoms with Crippen LogP contribution in [0.5, 0.6) is 0 Å². The van der Waals surface area contributed by atoms with Gasteiger partial charge in [-0.2, -0.15) is 0 Å². The zero-order valence-corrected chi connectivity index (χ0v) is 10.7. The number of hydrogen-bond acceptors (Lipinski definition) is 5. The molecule has 1 amide bonds. The number of carbonyl (C=O) groups excluding carboxylic acids is 1. The lowest BCUT2D eigenvalue weighted by Crippen LogP contribution is -2.43. The normalized spacial score (nSPS) is 17.7. The maximum Gasteiger partial charge on any atom is 0.239 e. The van der Waals surface area contributed by atoms with Crippen molar-refractivity contribution in [3.8, 4) is 0 Å². The van der Waals surface area contributed by atoms with Crippen LogP contribution in [0.15, 0.2) is 12.4 Å². The van der Waals surface area contributed by atoms with Crippen molar-refractivity contribution in [3.63, 3.8) is 0 Å². The van der Waals surface area contributed by atoms with E-state index in [1.54, 1.807) is 0 Å². The van der Waals surface area contributed by atoms with E-state index in [1.165, 1.54) is 12.4 Å². The van der Waals surface area contributed by atoms with Gasteiger partial charge in [0.05, 0.1) is 6.54 Å². The van der Waals surface area contributed by atoms with Crippen molar-refractivity contribution >= 4 is 23.3 Å². The Morgan fingerprint density at radius 3 is 2.89 bits per heavy atom. The second-order valence-electron chi connectivity index (χ2n) is 4.39. The molecule has 18 heavy (non-hydrogen) atoms. The van der Waals surface area contributed by atoms with Crippen LogP contribution in [-0.2, 0) is 4.79 Å². The maximum absolute atomic E-state index is 11.8. The Hall–Kier alpha value is -1.24. The SMILES string of the molecule is NC1CCN(CC(=O)Nc2cc(Cl)ncn2)CC1. The molecule has 1 aliphatic heterocycles. The average molecular weight is 270 g/mol. The summed E-state index contributed by atoms with van der Waals surface area (Å²) in [5.41, 5.74) is 5.81. The zero-order chi connectivity index (χ0) is 13.0. The number of nitrogens with one attached hydrogen (secondary N) is 1. The number of nitrogens with two attached hydrogens (primary N) is 1. The van der Waals surface area contributed by atoms with Crippen molar-refractivity contribution < 1.29 is 4.79 Å². The van der Waals surface area contributed by atoms with E-state index in [-0.39, 0.29) is 11.9 Å². The zero-order valence-electron chi connectivity index (χ0n) is 9.97. The van der Waals surface area contributed by atoms with Crippen molar-refractivity contribution in [1.29, 1.82) is 0 Å². The number of anilines is 1. The minimum absolute atomic E-state index is 0.0970. The molecular weight excluding hydrogens is 254 g/mol. The number of halogens is 1. The standard InChI is InChI=1S/C11H16ClN5O/c12-9-5-10(15-7-14-9)16-11(18)6-17-3-1-8(13)2-4-17/h5,7-8H,1-4,6,13H2,(H,14,15,16,18). The van der Waals surface area contributed by atoms with Gasteiger partial charge in [-0.3, -0.25) is 9.69 Å². The number of nitrogens with zero attached hydrogens (tertiary/aromatic N) is 3. The lowest BCUT2D eigenvalue weighted by atomic mass is 10.1. The third-order valence-electron chi connectivity index (χ3n) is 2.90. The summed E-state index contributed by atoms with van der Waals surface area (Å²) >= 11 is 5.71. The van der Waals surface area contributed by atoms with Gasteiger partial charge in [-0.25, -0.2) is 9.97 Å².